The molecule has 18 heavy (non-hydrogen) atoms. The molecule has 1 fully saturated rings. The van der Waals surface area contributed by atoms with Crippen molar-refractivity contribution in [3.05, 3.63) is 33.8 Å². The number of hydrogen-bond acceptors (Lipinski definition) is 3. The van der Waals surface area contributed by atoms with Crippen molar-refractivity contribution in [2.24, 2.45) is 5.73 Å². The van der Waals surface area contributed by atoms with Crippen molar-refractivity contribution in [3.63, 3.8) is 0 Å². The fraction of sp³-hybridized carbons (Fsp3) is 0.538. The molecule has 2 N–H and O–H groups in total. The van der Waals surface area contributed by atoms with Gasteiger partial charge in [0.25, 0.3) is 0 Å². The zero-order valence-corrected chi connectivity index (χ0v) is 11.8. The summed E-state index contributed by atoms with van der Waals surface area (Å²) < 4.78 is 5.31. The molecule has 0 spiro atoms. The SMILES string of the molecule is NC(CCN1CCOCC1)c1cccc(Cl)c1Cl. The Morgan fingerprint density at radius 2 is 2.00 bits per heavy atom. The van der Waals surface area contributed by atoms with Gasteiger partial charge >= 0.3 is 0 Å². The summed E-state index contributed by atoms with van der Waals surface area (Å²) in [5.41, 5.74) is 7.11. The van der Waals surface area contributed by atoms with Crippen LogP contribution in [0.4, 0.5) is 0 Å². The highest BCUT2D eigenvalue weighted by molar-refractivity contribution is 6.42. The third-order valence-corrected chi connectivity index (χ3v) is 4.07. The van der Waals surface area contributed by atoms with E-state index >= 15 is 0 Å². The normalized spacial score (nSPS) is 18.8. The van der Waals surface area contributed by atoms with Gasteiger partial charge in [0.15, 0.2) is 0 Å². The standard InChI is InChI=1S/C13H18Cl2N2O/c14-11-3-1-2-10(13(11)15)12(16)4-5-17-6-8-18-9-7-17/h1-3,12H,4-9,16H2. The van der Waals surface area contributed by atoms with E-state index in [1.165, 1.54) is 0 Å². The zero-order chi connectivity index (χ0) is 13.0. The predicted molar refractivity (Wildman–Crippen MR) is 75.3 cm³/mol. The van der Waals surface area contributed by atoms with Crippen molar-refractivity contribution in [1.82, 2.24) is 4.90 Å². The van der Waals surface area contributed by atoms with Crippen LogP contribution >= 0.6 is 23.2 Å². The molecule has 0 aromatic heterocycles. The molecule has 1 aromatic carbocycles. The summed E-state index contributed by atoms with van der Waals surface area (Å²) in [4.78, 5) is 2.36. The average molecular weight is 289 g/mol. The van der Waals surface area contributed by atoms with Gasteiger partial charge in [-0.3, -0.25) is 4.90 Å². The molecule has 100 valence electrons. The van der Waals surface area contributed by atoms with Crippen LogP contribution in [-0.4, -0.2) is 37.7 Å². The van der Waals surface area contributed by atoms with E-state index in [4.69, 9.17) is 33.7 Å². The van der Waals surface area contributed by atoms with Crippen LogP contribution in [-0.2, 0) is 4.74 Å². The molecule has 0 saturated carbocycles. The van der Waals surface area contributed by atoms with E-state index in [2.05, 4.69) is 4.90 Å². The molecule has 2 rings (SSSR count). The minimum absolute atomic E-state index is 0.0703. The molecular formula is C13H18Cl2N2O. The summed E-state index contributed by atoms with van der Waals surface area (Å²) >= 11 is 12.2. The molecule has 0 bridgehead atoms. The van der Waals surface area contributed by atoms with Crippen molar-refractivity contribution in [3.8, 4) is 0 Å². The number of nitrogens with two attached hydrogens (primary N) is 1. The summed E-state index contributed by atoms with van der Waals surface area (Å²) in [6.07, 6.45) is 0.875. The van der Waals surface area contributed by atoms with Crippen LogP contribution in [0.2, 0.25) is 10.0 Å². The first kappa shape index (κ1) is 14.1. The second-order valence-electron chi connectivity index (χ2n) is 4.49. The van der Waals surface area contributed by atoms with E-state index < -0.39 is 0 Å². The van der Waals surface area contributed by atoms with Crippen LogP contribution < -0.4 is 5.73 Å². The topological polar surface area (TPSA) is 38.5 Å². The van der Waals surface area contributed by atoms with Crippen LogP contribution in [0.25, 0.3) is 0 Å². The highest BCUT2D eigenvalue weighted by Crippen LogP contribution is 2.30. The lowest BCUT2D eigenvalue weighted by Gasteiger charge is -2.27. The Hall–Kier alpha value is -0.320. The van der Waals surface area contributed by atoms with Gasteiger partial charge in [0, 0.05) is 25.7 Å². The molecule has 0 aliphatic carbocycles. The Morgan fingerprint density at radius 3 is 2.72 bits per heavy atom. The van der Waals surface area contributed by atoms with Gasteiger partial charge in [0.1, 0.15) is 0 Å². The summed E-state index contributed by atoms with van der Waals surface area (Å²) in [5, 5.41) is 1.14. The van der Waals surface area contributed by atoms with Crippen molar-refractivity contribution in [2.75, 3.05) is 32.8 Å². The third-order valence-electron chi connectivity index (χ3n) is 3.24. The number of nitrogens with zero attached hydrogens (tertiary/aromatic N) is 1. The summed E-state index contributed by atoms with van der Waals surface area (Å²) in [6, 6.07) is 5.54. The number of rotatable bonds is 4. The first-order valence-electron chi connectivity index (χ1n) is 6.18. The van der Waals surface area contributed by atoms with Gasteiger partial charge in [-0.15, -0.1) is 0 Å². The Morgan fingerprint density at radius 1 is 1.28 bits per heavy atom. The predicted octanol–water partition coefficient (Wildman–Crippen LogP) is 2.72. The van der Waals surface area contributed by atoms with Crippen molar-refractivity contribution >= 4 is 23.2 Å². The van der Waals surface area contributed by atoms with E-state index in [-0.39, 0.29) is 6.04 Å². The van der Waals surface area contributed by atoms with Gasteiger partial charge in [0.05, 0.1) is 23.3 Å². The van der Waals surface area contributed by atoms with Crippen molar-refractivity contribution in [1.29, 1.82) is 0 Å². The van der Waals surface area contributed by atoms with E-state index in [0.29, 0.717) is 10.0 Å². The van der Waals surface area contributed by atoms with E-state index in [1.807, 2.05) is 12.1 Å². The van der Waals surface area contributed by atoms with E-state index in [9.17, 15) is 0 Å². The van der Waals surface area contributed by atoms with Crippen molar-refractivity contribution in [2.45, 2.75) is 12.5 Å². The quantitative estimate of drug-likeness (QED) is 0.926. The van der Waals surface area contributed by atoms with Gasteiger partial charge in [-0.05, 0) is 18.1 Å². The third kappa shape index (κ3) is 3.59. The van der Waals surface area contributed by atoms with E-state index in [0.717, 1.165) is 44.8 Å². The number of halogens is 2. The number of benzene rings is 1. The van der Waals surface area contributed by atoms with Gasteiger partial charge < -0.3 is 10.5 Å². The monoisotopic (exact) mass is 288 g/mol. The molecule has 1 unspecified atom stereocenters. The molecule has 0 amide bonds. The Kier molecular flexibility index (Phi) is 5.27. The fourth-order valence-electron chi connectivity index (χ4n) is 2.11. The molecule has 1 aliphatic heterocycles. The molecule has 5 heteroatoms. The van der Waals surface area contributed by atoms with Gasteiger partial charge in [-0.25, -0.2) is 0 Å². The lowest BCUT2D eigenvalue weighted by atomic mass is 10.0. The van der Waals surface area contributed by atoms with E-state index in [1.54, 1.807) is 6.07 Å². The largest absolute Gasteiger partial charge is 0.379 e. The smallest absolute Gasteiger partial charge is 0.0640 e. The second-order valence-corrected chi connectivity index (χ2v) is 5.28. The Bertz CT molecular complexity index is 395. The van der Waals surface area contributed by atoms with Crippen LogP contribution in [0.5, 0.6) is 0 Å². The lowest BCUT2D eigenvalue weighted by molar-refractivity contribution is 0.0366. The maximum atomic E-state index is 6.18. The molecular weight excluding hydrogens is 271 g/mol. The number of ether oxygens (including phenoxy) is 1. The molecule has 1 aliphatic rings. The first-order chi connectivity index (χ1) is 8.68. The fourth-order valence-corrected chi connectivity index (χ4v) is 2.56. The number of morpholine rings is 1. The van der Waals surface area contributed by atoms with Crippen LogP contribution in [0.3, 0.4) is 0 Å². The molecule has 1 aromatic rings. The maximum Gasteiger partial charge on any atom is 0.0640 e. The Balaban J connectivity index is 1.90. The molecule has 1 heterocycles. The molecule has 3 nitrogen and oxygen atoms in total. The first-order valence-corrected chi connectivity index (χ1v) is 6.93. The average Bonchev–Trinajstić information content (AvgIpc) is 2.40. The summed E-state index contributed by atoms with van der Waals surface area (Å²) in [7, 11) is 0. The second kappa shape index (κ2) is 6.73. The maximum absolute atomic E-state index is 6.18. The minimum atomic E-state index is -0.0703. The summed E-state index contributed by atoms with van der Waals surface area (Å²) in [5.74, 6) is 0. The lowest BCUT2D eigenvalue weighted by Crippen LogP contribution is -2.37. The van der Waals surface area contributed by atoms with Crippen LogP contribution in [0.1, 0.15) is 18.0 Å². The van der Waals surface area contributed by atoms with Crippen LogP contribution in [0.15, 0.2) is 18.2 Å². The van der Waals surface area contributed by atoms with Gasteiger partial charge in [0.2, 0.25) is 0 Å². The van der Waals surface area contributed by atoms with Gasteiger partial charge in [-0.1, -0.05) is 35.3 Å². The summed E-state index contributed by atoms with van der Waals surface area (Å²) in [6.45, 7) is 4.56. The van der Waals surface area contributed by atoms with Crippen molar-refractivity contribution < 1.29 is 4.74 Å². The molecule has 0 radical (unpaired) electrons. The Labute approximate surface area is 118 Å². The minimum Gasteiger partial charge on any atom is -0.379 e. The number of hydrogen-bond donors (Lipinski definition) is 1. The molecule has 1 saturated heterocycles. The highest BCUT2D eigenvalue weighted by atomic mass is 35.5. The van der Waals surface area contributed by atoms with Crippen LogP contribution in [0, 0.1) is 0 Å². The zero-order valence-electron chi connectivity index (χ0n) is 10.2. The molecule has 1 atom stereocenters. The van der Waals surface area contributed by atoms with Gasteiger partial charge in [-0.2, -0.15) is 0 Å². The highest BCUT2D eigenvalue weighted by Gasteiger charge is 2.15.